The molecular weight excluding hydrogens is 224 g/mol. The molecule has 1 aromatic rings. The molecule has 1 N–H and O–H groups in total. The van der Waals surface area contributed by atoms with Crippen molar-refractivity contribution in [1.29, 1.82) is 0 Å². The van der Waals surface area contributed by atoms with Gasteiger partial charge in [-0.2, -0.15) is 5.10 Å². The monoisotopic (exact) mass is 248 g/mol. The molecule has 0 bridgehead atoms. The number of aliphatic hydroxyl groups is 1. The van der Waals surface area contributed by atoms with Crippen molar-refractivity contribution in [3.63, 3.8) is 0 Å². The molecule has 100 valence electrons. The van der Waals surface area contributed by atoms with Crippen LogP contribution in [0, 0.1) is 11.8 Å². The van der Waals surface area contributed by atoms with Crippen molar-refractivity contribution >= 4 is 0 Å². The zero-order valence-electron chi connectivity index (χ0n) is 11.3. The zero-order valence-corrected chi connectivity index (χ0v) is 11.3. The number of rotatable bonds is 4. The number of hydrogen-bond acceptors (Lipinski definition) is 2. The number of nitrogens with zero attached hydrogens (tertiary/aromatic N) is 2. The summed E-state index contributed by atoms with van der Waals surface area (Å²) in [5.41, 5.74) is 1.06. The first-order chi connectivity index (χ1) is 8.74. The van der Waals surface area contributed by atoms with Gasteiger partial charge >= 0.3 is 0 Å². The van der Waals surface area contributed by atoms with Crippen LogP contribution in [0.3, 0.4) is 0 Å². The van der Waals surface area contributed by atoms with Crippen LogP contribution < -0.4 is 0 Å². The molecule has 0 aliphatic heterocycles. The van der Waals surface area contributed by atoms with E-state index < -0.39 is 0 Å². The minimum atomic E-state index is -0.185. The highest BCUT2D eigenvalue weighted by Gasteiger charge is 2.38. The van der Waals surface area contributed by atoms with Crippen molar-refractivity contribution in [2.45, 2.75) is 64.0 Å². The van der Waals surface area contributed by atoms with Gasteiger partial charge < -0.3 is 5.11 Å². The van der Waals surface area contributed by atoms with Gasteiger partial charge in [-0.3, -0.25) is 4.68 Å². The molecule has 3 atom stereocenters. The van der Waals surface area contributed by atoms with Crippen LogP contribution in [0.4, 0.5) is 0 Å². The summed E-state index contributed by atoms with van der Waals surface area (Å²) in [7, 11) is 0. The fourth-order valence-corrected chi connectivity index (χ4v) is 3.29. The first-order valence-corrected chi connectivity index (χ1v) is 7.46. The Kier molecular flexibility index (Phi) is 3.42. The SMILES string of the molecule is CC1CC1C(O)Cc1ccn(C2CCCCC2)n1. The maximum absolute atomic E-state index is 10.1. The Hall–Kier alpha value is -0.830. The zero-order chi connectivity index (χ0) is 12.5. The van der Waals surface area contributed by atoms with Crippen LogP contribution in [0.1, 0.15) is 57.2 Å². The van der Waals surface area contributed by atoms with E-state index in [-0.39, 0.29) is 6.10 Å². The van der Waals surface area contributed by atoms with Crippen LogP contribution in [0.5, 0.6) is 0 Å². The van der Waals surface area contributed by atoms with Crippen molar-refractivity contribution in [2.24, 2.45) is 11.8 Å². The third-order valence-corrected chi connectivity index (χ3v) is 4.70. The van der Waals surface area contributed by atoms with Gasteiger partial charge in [0.1, 0.15) is 0 Å². The Morgan fingerprint density at radius 3 is 2.78 bits per heavy atom. The second-order valence-electron chi connectivity index (χ2n) is 6.23. The Morgan fingerprint density at radius 1 is 1.39 bits per heavy atom. The van der Waals surface area contributed by atoms with E-state index in [0.717, 1.165) is 12.1 Å². The molecule has 2 aliphatic carbocycles. The highest BCUT2D eigenvalue weighted by molar-refractivity contribution is 5.04. The molecule has 0 saturated heterocycles. The van der Waals surface area contributed by atoms with E-state index in [1.807, 2.05) is 0 Å². The van der Waals surface area contributed by atoms with Crippen LogP contribution in [0.25, 0.3) is 0 Å². The first kappa shape index (κ1) is 12.2. The maximum Gasteiger partial charge on any atom is 0.0650 e. The minimum Gasteiger partial charge on any atom is -0.392 e. The summed E-state index contributed by atoms with van der Waals surface area (Å²) >= 11 is 0. The van der Waals surface area contributed by atoms with Crippen molar-refractivity contribution in [3.8, 4) is 0 Å². The molecule has 1 aromatic heterocycles. The molecule has 0 radical (unpaired) electrons. The van der Waals surface area contributed by atoms with E-state index in [2.05, 4.69) is 29.0 Å². The summed E-state index contributed by atoms with van der Waals surface area (Å²) < 4.78 is 2.14. The Labute approximate surface area is 109 Å². The fraction of sp³-hybridized carbons (Fsp3) is 0.800. The summed E-state index contributed by atoms with van der Waals surface area (Å²) in [6.07, 6.45) is 10.4. The first-order valence-electron chi connectivity index (χ1n) is 7.46. The van der Waals surface area contributed by atoms with E-state index in [1.54, 1.807) is 0 Å². The molecule has 0 spiro atoms. The molecule has 3 nitrogen and oxygen atoms in total. The predicted octanol–water partition coefficient (Wildman–Crippen LogP) is 2.95. The van der Waals surface area contributed by atoms with Crippen molar-refractivity contribution in [3.05, 3.63) is 18.0 Å². The lowest BCUT2D eigenvalue weighted by atomic mass is 9.96. The average molecular weight is 248 g/mol. The van der Waals surface area contributed by atoms with Crippen LogP contribution in [-0.2, 0) is 6.42 Å². The van der Waals surface area contributed by atoms with Crippen molar-refractivity contribution in [2.75, 3.05) is 0 Å². The molecule has 3 rings (SSSR count). The molecule has 2 fully saturated rings. The van der Waals surface area contributed by atoms with E-state index in [9.17, 15) is 5.11 Å². The fourth-order valence-electron chi connectivity index (χ4n) is 3.29. The molecular formula is C15H24N2O. The van der Waals surface area contributed by atoms with Gasteiger partial charge in [0.2, 0.25) is 0 Å². The third kappa shape index (κ3) is 2.61. The Morgan fingerprint density at radius 2 is 2.11 bits per heavy atom. The second-order valence-corrected chi connectivity index (χ2v) is 6.23. The van der Waals surface area contributed by atoms with Gasteiger partial charge in [0, 0.05) is 12.6 Å². The smallest absolute Gasteiger partial charge is 0.0650 e. The highest BCUT2D eigenvalue weighted by Crippen LogP contribution is 2.41. The molecule has 0 amide bonds. The lowest BCUT2D eigenvalue weighted by Gasteiger charge is -2.21. The van der Waals surface area contributed by atoms with Crippen LogP contribution in [0.15, 0.2) is 12.3 Å². The topological polar surface area (TPSA) is 38.0 Å². The summed E-state index contributed by atoms with van der Waals surface area (Å²) in [4.78, 5) is 0. The number of hydrogen-bond donors (Lipinski definition) is 1. The van der Waals surface area contributed by atoms with Gasteiger partial charge in [-0.05, 0) is 37.2 Å². The van der Waals surface area contributed by atoms with Crippen LogP contribution in [-0.4, -0.2) is 21.0 Å². The van der Waals surface area contributed by atoms with Gasteiger partial charge in [-0.25, -0.2) is 0 Å². The summed E-state index contributed by atoms with van der Waals surface area (Å²) in [6, 6.07) is 2.69. The van der Waals surface area contributed by atoms with Crippen molar-refractivity contribution in [1.82, 2.24) is 9.78 Å². The summed E-state index contributed by atoms with van der Waals surface area (Å²) in [5.74, 6) is 1.23. The molecule has 2 saturated carbocycles. The molecule has 0 aromatic carbocycles. The third-order valence-electron chi connectivity index (χ3n) is 4.70. The maximum atomic E-state index is 10.1. The lowest BCUT2D eigenvalue weighted by Crippen LogP contribution is -2.16. The van der Waals surface area contributed by atoms with Crippen molar-refractivity contribution < 1.29 is 5.11 Å². The Bertz CT molecular complexity index is 395. The van der Waals surface area contributed by atoms with Crippen LogP contribution >= 0.6 is 0 Å². The molecule has 1 heterocycles. The second kappa shape index (κ2) is 5.04. The standard InChI is InChI=1S/C15H24N2O/c1-11-9-14(11)15(18)10-12-7-8-17(16-12)13-5-3-2-4-6-13/h7-8,11,13-15,18H,2-6,9-10H2,1H3. The molecule has 18 heavy (non-hydrogen) atoms. The summed E-state index contributed by atoms with van der Waals surface area (Å²) in [5, 5.41) is 14.7. The minimum absolute atomic E-state index is 0.185. The normalized spacial score (nSPS) is 30.3. The lowest BCUT2D eigenvalue weighted by molar-refractivity contribution is 0.144. The summed E-state index contributed by atoms with van der Waals surface area (Å²) in [6.45, 7) is 2.22. The van der Waals surface area contributed by atoms with Gasteiger partial charge in [-0.1, -0.05) is 26.2 Å². The van der Waals surface area contributed by atoms with Gasteiger partial charge in [0.15, 0.2) is 0 Å². The number of aliphatic hydroxyl groups excluding tert-OH is 1. The largest absolute Gasteiger partial charge is 0.392 e. The van der Waals surface area contributed by atoms with E-state index in [4.69, 9.17) is 0 Å². The molecule has 3 heteroatoms. The highest BCUT2D eigenvalue weighted by atomic mass is 16.3. The van der Waals surface area contributed by atoms with E-state index in [1.165, 1.54) is 38.5 Å². The van der Waals surface area contributed by atoms with E-state index in [0.29, 0.717) is 17.9 Å². The average Bonchev–Trinajstić information content (AvgIpc) is 2.95. The van der Waals surface area contributed by atoms with Gasteiger partial charge in [0.25, 0.3) is 0 Å². The van der Waals surface area contributed by atoms with Gasteiger partial charge in [-0.15, -0.1) is 0 Å². The number of aromatic nitrogens is 2. The van der Waals surface area contributed by atoms with E-state index >= 15 is 0 Å². The Balaban J connectivity index is 1.58. The molecule has 2 aliphatic rings. The predicted molar refractivity (Wildman–Crippen MR) is 71.3 cm³/mol. The molecule has 3 unspecified atom stereocenters. The quantitative estimate of drug-likeness (QED) is 0.889. The van der Waals surface area contributed by atoms with Gasteiger partial charge in [0.05, 0.1) is 17.8 Å². The van der Waals surface area contributed by atoms with Crippen LogP contribution in [0.2, 0.25) is 0 Å².